The summed E-state index contributed by atoms with van der Waals surface area (Å²) in [6.07, 6.45) is 0.199. The Labute approximate surface area is 78.2 Å². The van der Waals surface area contributed by atoms with Crippen molar-refractivity contribution in [3.63, 3.8) is 0 Å². The van der Waals surface area contributed by atoms with E-state index in [9.17, 15) is 4.79 Å². The lowest BCUT2D eigenvalue weighted by atomic mass is 9.94. The van der Waals surface area contributed by atoms with Crippen LogP contribution in [0.5, 0.6) is 0 Å². The minimum Gasteiger partial charge on any atom is -0.481 e. The molecule has 0 aromatic heterocycles. The van der Waals surface area contributed by atoms with E-state index in [0.29, 0.717) is 0 Å². The number of carboxylic acid groups (broad SMARTS) is 1. The van der Waals surface area contributed by atoms with E-state index in [-0.39, 0.29) is 12.3 Å². The average Bonchev–Trinajstić information content (AvgIpc) is 2.03. The number of aryl methyl sites for hydroxylation is 1. The van der Waals surface area contributed by atoms with Gasteiger partial charge in [0, 0.05) is 0 Å². The summed E-state index contributed by atoms with van der Waals surface area (Å²) in [6.45, 7) is 3.95. The molecule has 1 aromatic rings. The van der Waals surface area contributed by atoms with Crippen LogP contribution in [0.2, 0.25) is 0 Å². The second-order valence-electron chi connectivity index (χ2n) is 3.36. The highest BCUT2D eigenvalue weighted by Gasteiger charge is 2.11. The summed E-state index contributed by atoms with van der Waals surface area (Å²) in [5.41, 5.74) is 2.29. The van der Waals surface area contributed by atoms with Crippen molar-refractivity contribution >= 4 is 5.97 Å². The zero-order valence-corrected chi connectivity index (χ0v) is 7.95. The van der Waals surface area contributed by atoms with E-state index < -0.39 is 5.97 Å². The van der Waals surface area contributed by atoms with E-state index in [1.54, 1.807) is 0 Å². The third-order valence-electron chi connectivity index (χ3n) is 2.20. The molecular formula is C11H14O2. The maximum absolute atomic E-state index is 10.5. The number of hydrogen-bond acceptors (Lipinski definition) is 1. The minimum absolute atomic E-state index is 0.0960. The smallest absolute Gasteiger partial charge is 0.303 e. The molecule has 0 heterocycles. The van der Waals surface area contributed by atoms with Crippen LogP contribution in [-0.4, -0.2) is 11.1 Å². The molecule has 0 aliphatic rings. The first-order valence-electron chi connectivity index (χ1n) is 4.38. The highest BCUT2D eigenvalue weighted by Crippen LogP contribution is 2.21. The van der Waals surface area contributed by atoms with E-state index >= 15 is 0 Å². The van der Waals surface area contributed by atoms with Crippen LogP contribution in [0.4, 0.5) is 0 Å². The van der Waals surface area contributed by atoms with Crippen molar-refractivity contribution in [2.45, 2.75) is 26.2 Å². The van der Waals surface area contributed by atoms with Gasteiger partial charge < -0.3 is 5.11 Å². The zero-order valence-electron chi connectivity index (χ0n) is 7.95. The number of hydrogen-bond donors (Lipinski definition) is 1. The molecule has 70 valence electrons. The molecule has 0 bridgehead atoms. The highest BCUT2D eigenvalue weighted by molar-refractivity contribution is 5.68. The molecule has 1 N–H and O–H groups in total. The quantitative estimate of drug-likeness (QED) is 0.772. The van der Waals surface area contributed by atoms with Crippen molar-refractivity contribution in [2.75, 3.05) is 0 Å². The fourth-order valence-electron chi connectivity index (χ4n) is 1.51. The van der Waals surface area contributed by atoms with Crippen LogP contribution in [0.15, 0.2) is 24.3 Å². The molecule has 2 heteroatoms. The minimum atomic E-state index is -0.740. The molecule has 0 amide bonds. The van der Waals surface area contributed by atoms with Gasteiger partial charge in [0.15, 0.2) is 0 Å². The predicted molar refractivity (Wildman–Crippen MR) is 51.8 cm³/mol. The van der Waals surface area contributed by atoms with Gasteiger partial charge in [-0.2, -0.15) is 0 Å². The molecule has 1 atom stereocenters. The second kappa shape index (κ2) is 4.08. The maximum Gasteiger partial charge on any atom is 0.303 e. The zero-order chi connectivity index (χ0) is 9.84. The molecule has 0 aliphatic carbocycles. The first kappa shape index (κ1) is 9.78. The maximum atomic E-state index is 10.5. The fraction of sp³-hybridized carbons (Fsp3) is 0.364. The van der Waals surface area contributed by atoms with Crippen LogP contribution >= 0.6 is 0 Å². The summed E-state index contributed by atoms with van der Waals surface area (Å²) in [5.74, 6) is -0.644. The number of rotatable bonds is 3. The first-order chi connectivity index (χ1) is 6.11. The Balaban J connectivity index is 2.82. The van der Waals surface area contributed by atoms with Gasteiger partial charge in [0.2, 0.25) is 0 Å². The Hall–Kier alpha value is -1.31. The monoisotopic (exact) mass is 178 g/mol. The predicted octanol–water partition coefficient (Wildman–Crippen LogP) is 2.57. The lowest BCUT2D eigenvalue weighted by molar-refractivity contribution is -0.137. The lowest BCUT2D eigenvalue weighted by Crippen LogP contribution is -2.04. The Morgan fingerprint density at radius 1 is 1.46 bits per heavy atom. The first-order valence-corrected chi connectivity index (χ1v) is 4.38. The summed E-state index contributed by atoms with van der Waals surface area (Å²) in [7, 11) is 0. The van der Waals surface area contributed by atoms with Crippen molar-refractivity contribution in [3.8, 4) is 0 Å². The van der Waals surface area contributed by atoms with Gasteiger partial charge >= 0.3 is 5.97 Å². The number of carboxylic acids is 1. The third-order valence-corrected chi connectivity index (χ3v) is 2.20. The number of aliphatic carboxylic acids is 1. The standard InChI is InChI=1S/C11H14O2/c1-8-5-3-4-6-10(8)9(2)7-11(12)13/h3-6,9H,7H2,1-2H3,(H,12,13). The van der Waals surface area contributed by atoms with Gasteiger partial charge in [-0.25, -0.2) is 0 Å². The van der Waals surface area contributed by atoms with Crippen LogP contribution in [0.3, 0.4) is 0 Å². The van der Waals surface area contributed by atoms with Crippen molar-refractivity contribution in [2.24, 2.45) is 0 Å². The average molecular weight is 178 g/mol. The molecule has 2 nitrogen and oxygen atoms in total. The van der Waals surface area contributed by atoms with Crippen LogP contribution in [0, 0.1) is 6.92 Å². The van der Waals surface area contributed by atoms with E-state index in [0.717, 1.165) is 11.1 Å². The van der Waals surface area contributed by atoms with Crippen LogP contribution < -0.4 is 0 Å². The molecule has 0 fully saturated rings. The SMILES string of the molecule is Cc1ccccc1C(C)CC(=O)O. The van der Waals surface area contributed by atoms with Gasteiger partial charge in [0.1, 0.15) is 0 Å². The largest absolute Gasteiger partial charge is 0.481 e. The normalized spacial score (nSPS) is 12.5. The van der Waals surface area contributed by atoms with Crippen molar-refractivity contribution in [3.05, 3.63) is 35.4 Å². The molecule has 1 rings (SSSR count). The molecule has 1 unspecified atom stereocenters. The molecule has 0 radical (unpaired) electrons. The van der Waals surface area contributed by atoms with Crippen molar-refractivity contribution in [1.82, 2.24) is 0 Å². The van der Waals surface area contributed by atoms with Crippen molar-refractivity contribution < 1.29 is 9.90 Å². The molecular weight excluding hydrogens is 164 g/mol. The third kappa shape index (κ3) is 2.58. The van der Waals surface area contributed by atoms with E-state index in [2.05, 4.69) is 0 Å². The molecule has 0 saturated carbocycles. The summed E-state index contributed by atoms with van der Waals surface area (Å²) in [4.78, 5) is 10.5. The Morgan fingerprint density at radius 3 is 2.62 bits per heavy atom. The van der Waals surface area contributed by atoms with E-state index in [1.807, 2.05) is 38.1 Å². The van der Waals surface area contributed by atoms with Gasteiger partial charge in [-0.3, -0.25) is 4.79 Å². The molecule has 0 spiro atoms. The highest BCUT2D eigenvalue weighted by atomic mass is 16.4. The molecule has 1 aromatic carbocycles. The fourth-order valence-corrected chi connectivity index (χ4v) is 1.51. The lowest BCUT2D eigenvalue weighted by Gasteiger charge is -2.11. The molecule has 0 saturated heterocycles. The molecule has 13 heavy (non-hydrogen) atoms. The van der Waals surface area contributed by atoms with E-state index in [1.165, 1.54) is 0 Å². The summed E-state index contributed by atoms with van der Waals surface area (Å²) in [5, 5.41) is 8.64. The van der Waals surface area contributed by atoms with Gasteiger partial charge in [-0.1, -0.05) is 31.2 Å². The van der Waals surface area contributed by atoms with Crippen LogP contribution in [-0.2, 0) is 4.79 Å². The van der Waals surface area contributed by atoms with Gasteiger partial charge in [-0.15, -0.1) is 0 Å². The topological polar surface area (TPSA) is 37.3 Å². The van der Waals surface area contributed by atoms with Gasteiger partial charge in [-0.05, 0) is 24.0 Å². The summed E-state index contributed by atoms with van der Waals surface area (Å²) >= 11 is 0. The van der Waals surface area contributed by atoms with Crippen LogP contribution in [0.25, 0.3) is 0 Å². The number of carbonyl (C=O) groups is 1. The van der Waals surface area contributed by atoms with E-state index in [4.69, 9.17) is 5.11 Å². The summed E-state index contributed by atoms with van der Waals surface area (Å²) in [6, 6.07) is 7.91. The Kier molecular flexibility index (Phi) is 3.07. The summed E-state index contributed by atoms with van der Waals surface area (Å²) < 4.78 is 0. The van der Waals surface area contributed by atoms with Crippen molar-refractivity contribution in [1.29, 1.82) is 0 Å². The number of benzene rings is 1. The Morgan fingerprint density at radius 2 is 2.08 bits per heavy atom. The second-order valence-corrected chi connectivity index (χ2v) is 3.36. The van der Waals surface area contributed by atoms with Crippen LogP contribution in [0.1, 0.15) is 30.4 Å². The van der Waals surface area contributed by atoms with Gasteiger partial charge in [0.25, 0.3) is 0 Å². The Bertz CT molecular complexity index is 305. The van der Waals surface area contributed by atoms with Gasteiger partial charge in [0.05, 0.1) is 6.42 Å². The molecule has 0 aliphatic heterocycles.